The SMILES string of the molecule is Cc1nc(N[C@H](C)c2cccc(C(F)F)c2F)c2cc(P3(=O)CCOCC3)c(F)cc2n1. The predicted octanol–water partition coefficient (Wildman–Crippen LogP) is 5.35. The fraction of sp³-hybridized carbons (Fsp3) is 0.364. The summed E-state index contributed by atoms with van der Waals surface area (Å²) in [5.74, 6) is -0.965. The van der Waals surface area contributed by atoms with Crippen molar-refractivity contribution >= 4 is 29.2 Å². The van der Waals surface area contributed by atoms with Gasteiger partial charge in [0, 0.05) is 34.6 Å². The van der Waals surface area contributed by atoms with Crippen molar-refractivity contribution in [2.75, 3.05) is 30.9 Å². The first kappa shape index (κ1) is 22.7. The van der Waals surface area contributed by atoms with Crippen molar-refractivity contribution in [2.24, 2.45) is 0 Å². The molecule has 1 saturated heterocycles. The highest BCUT2D eigenvalue weighted by atomic mass is 31.2. The lowest BCUT2D eigenvalue weighted by Gasteiger charge is -2.24. The Morgan fingerprint density at radius 3 is 2.47 bits per heavy atom. The van der Waals surface area contributed by atoms with E-state index in [1.165, 1.54) is 24.3 Å². The third kappa shape index (κ3) is 4.24. The molecule has 32 heavy (non-hydrogen) atoms. The van der Waals surface area contributed by atoms with Gasteiger partial charge >= 0.3 is 0 Å². The number of hydrogen-bond donors (Lipinski definition) is 1. The summed E-state index contributed by atoms with van der Waals surface area (Å²) in [5, 5.41) is 3.57. The molecule has 3 aromatic rings. The minimum atomic E-state index is -2.98. The van der Waals surface area contributed by atoms with Crippen LogP contribution in [0.3, 0.4) is 0 Å². The first-order valence-electron chi connectivity index (χ1n) is 10.2. The number of halogens is 4. The second kappa shape index (κ2) is 8.79. The number of fused-ring (bicyclic) bond motifs is 1. The molecule has 0 amide bonds. The molecule has 170 valence electrons. The first-order chi connectivity index (χ1) is 15.2. The minimum Gasteiger partial charge on any atom is -0.380 e. The molecule has 0 aliphatic carbocycles. The van der Waals surface area contributed by atoms with Gasteiger partial charge in [-0.05, 0) is 19.9 Å². The number of benzene rings is 2. The van der Waals surface area contributed by atoms with Crippen LogP contribution in [-0.2, 0) is 9.30 Å². The molecule has 5 nitrogen and oxygen atoms in total. The first-order valence-corrected chi connectivity index (χ1v) is 12.2. The number of aryl methyl sites for hydroxylation is 1. The molecule has 2 heterocycles. The van der Waals surface area contributed by atoms with Crippen molar-refractivity contribution in [1.29, 1.82) is 0 Å². The monoisotopic (exact) mass is 467 g/mol. The van der Waals surface area contributed by atoms with Crippen molar-refractivity contribution in [3.05, 3.63) is 58.9 Å². The minimum absolute atomic E-state index is 0.0479. The second-order valence-corrected chi connectivity index (χ2v) is 11.0. The van der Waals surface area contributed by atoms with Gasteiger partial charge in [-0.15, -0.1) is 0 Å². The largest absolute Gasteiger partial charge is 0.380 e. The molecule has 0 saturated carbocycles. The molecule has 10 heteroatoms. The zero-order chi connectivity index (χ0) is 23.0. The van der Waals surface area contributed by atoms with E-state index in [1.807, 2.05) is 0 Å². The van der Waals surface area contributed by atoms with Crippen LogP contribution in [-0.4, -0.2) is 35.5 Å². The fourth-order valence-corrected chi connectivity index (χ4v) is 6.28. The average molecular weight is 467 g/mol. The van der Waals surface area contributed by atoms with Gasteiger partial charge in [0.25, 0.3) is 6.43 Å². The number of alkyl halides is 2. The lowest BCUT2D eigenvalue weighted by atomic mass is 10.0. The fourth-order valence-electron chi connectivity index (χ4n) is 3.91. The number of aromatic nitrogens is 2. The number of hydrogen-bond acceptors (Lipinski definition) is 5. The molecule has 0 spiro atoms. The van der Waals surface area contributed by atoms with Gasteiger partial charge < -0.3 is 14.6 Å². The Hall–Kier alpha value is -2.51. The summed E-state index contributed by atoms with van der Waals surface area (Å²) in [7, 11) is -2.98. The van der Waals surface area contributed by atoms with Gasteiger partial charge in [-0.2, -0.15) is 0 Å². The van der Waals surface area contributed by atoms with Gasteiger partial charge in [-0.1, -0.05) is 18.2 Å². The van der Waals surface area contributed by atoms with Crippen LogP contribution in [0.1, 0.15) is 36.3 Å². The Morgan fingerprint density at radius 1 is 1.09 bits per heavy atom. The van der Waals surface area contributed by atoms with Crippen LogP contribution in [0.25, 0.3) is 10.9 Å². The molecule has 1 aromatic heterocycles. The van der Waals surface area contributed by atoms with Gasteiger partial charge in [0.15, 0.2) is 0 Å². The van der Waals surface area contributed by atoms with E-state index in [4.69, 9.17) is 4.74 Å². The lowest BCUT2D eigenvalue weighted by Crippen LogP contribution is -2.24. The van der Waals surface area contributed by atoms with Gasteiger partial charge in [0.2, 0.25) is 0 Å². The third-order valence-corrected chi connectivity index (χ3v) is 8.65. The molecule has 0 radical (unpaired) electrons. The van der Waals surface area contributed by atoms with Gasteiger partial charge in [-0.3, -0.25) is 0 Å². The molecule has 1 fully saturated rings. The van der Waals surface area contributed by atoms with Crippen molar-refractivity contribution in [3.63, 3.8) is 0 Å². The van der Waals surface area contributed by atoms with Gasteiger partial charge in [-0.25, -0.2) is 27.5 Å². The number of nitrogens with zero attached hydrogens (tertiary/aromatic N) is 2. The normalized spacial score (nSPS) is 17.0. The second-order valence-electron chi connectivity index (χ2n) is 7.81. The Labute approximate surface area is 182 Å². The van der Waals surface area contributed by atoms with E-state index in [-0.39, 0.29) is 29.0 Å². The average Bonchev–Trinajstić information content (AvgIpc) is 2.73. The highest BCUT2D eigenvalue weighted by Gasteiger charge is 2.31. The summed E-state index contributed by atoms with van der Waals surface area (Å²) >= 11 is 0. The zero-order valence-corrected chi connectivity index (χ0v) is 18.4. The summed E-state index contributed by atoms with van der Waals surface area (Å²) in [5.41, 5.74) is -0.330. The summed E-state index contributed by atoms with van der Waals surface area (Å²) in [6, 6.07) is 5.81. The molecule has 0 unspecified atom stereocenters. The highest BCUT2D eigenvalue weighted by molar-refractivity contribution is 7.71. The molecule has 2 aromatic carbocycles. The maximum Gasteiger partial charge on any atom is 0.266 e. The number of ether oxygens (including phenoxy) is 1. The maximum atomic E-state index is 14.9. The number of nitrogens with one attached hydrogen (secondary N) is 1. The summed E-state index contributed by atoms with van der Waals surface area (Å²) in [6.45, 7) is 3.82. The Morgan fingerprint density at radius 2 is 1.78 bits per heavy atom. The van der Waals surface area contributed by atoms with Crippen molar-refractivity contribution < 1.29 is 26.9 Å². The maximum absolute atomic E-state index is 14.9. The van der Waals surface area contributed by atoms with Crippen LogP contribution in [0.4, 0.5) is 23.4 Å². The van der Waals surface area contributed by atoms with Crippen molar-refractivity contribution in [3.8, 4) is 0 Å². The lowest BCUT2D eigenvalue weighted by molar-refractivity contribution is 0.146. The standard InChI is InChI=1S/C22H22F4N3O2P/c1-12(14-4-3-5-15(20(14)24)21(25)26)27-22-16-10-19(32(30)8-6-31-7-9-32)17(23)11-18(16)28-13(2)29-22/h3-5,10-12,21H,6-9H2,1-2H3,(H,27,28,29)/t12-/m1/s1. The van der Waals surface area contributed by atoms with Crippen LogP contribution in [0.2, 0.25) is 0 Å². The molecule has 1 N–H and O–H groups in total. The van der Waals surface area contributed by atoms with E-state index in [2.05, 4.69) is 15.3 Å². The van der Waals surface area contributed by atoms with Crippen LogP contribution in [0.15, 0.2) is 30.3 Å². The quantitative estimate of drug-likeness (QED) is 0.405. The number of anilines is 1. The molecule has 1 atom stereocenters. The Balaban J connectivity index is 1.78. The van der Waals surface area contributed by atoms with Gasteiger partial charge in [0.05, 0.1) is 30.3 Å². The van der Waals surface area contributed by atoms with E-state index < -0.39 is 36.8 Å². The van der Waals surface area contributed by atoms with Crippen molar-refractivity contribution in [2.45, 2.75) is 26.3 Å². The van der Waals surface area contributed by atoms with Crippen molar-refractivity contribution in [1.82, 2.24) is 9.97 Å². The molecular formula is C22H22F4N3O2P. The van der Waals surface area contributed by atoms with E-state index in [0.717, 1.165) is 6.07 Å². The summed E-state index contributed by atoms with van der Waals surface area (Å²) in [4.78, 5) is 8.63. The van der Waals surface area contributed by atoms with E-state index in [1.54, 1.807) is 13.8 Å². The predicted molar refractivity (Wildman–Crippen MR) is 115 cm³/mol. The molecular weight excluding hydrogens is 445 g/mol. The van der Waals surface area contributed by atoms with E-state index >= 15 is 0 Å². The summed E-state index contributed by atoms with van der Waals surface area (Å²) < 4.78 is 74.4. The van der Waals surface area contributed by atoms with Gasteiger partial charge in [0.1, 0.15) is 30.4 Å². The topological polar surface area (TPSA) is 64.1 Å². The molecule has 4 rings (SSSR count). The number of rotatable bonds is 5. The van der Waals surface area contributed by atoms with Crippen LogP contribution in [0.5, 0.6) is 0 Å². The zero-order valence-electron chi connectivity index (χ0n) is 17.5. The highest BCUT2D eigenvalue weighted by Crippen LogP contribution is 2.47. The molecule has 1 aliphatic rings. The Bertz CT molecular complexity index is 1210. The smallest absolute Gasteiger partial charge is 0.266 e. The van der Waals surface area contributed by atoms with Crippen LogP contribution >= 0.6 is 7.14 Å². The van der Waals surface area contributed by atoms with E-state index in [9.17, 15) is 22.1 Å². The van der Waals surface area contributed by atoms with Crippen LogP contribution in [0, 0.1) is 18.6 Å². The van der Waals surface area contributed by atoms with E-state index in [0.29, 0.717) is 29.9 Å². The molecule has 0 bridgehead atoms. The molecule has 1 aliphatic heterocycles. The summed E-state index contributed by atoms with van der Waals surface area (Å²) in [6.07, 6.45) is -2.45. The Kier molecular flexibility index (Phi) is 6.23. The third-order valence-electron chi connectivity index (χ3n) is 5.62. The van der Waals surface area contributed by atoms with Crippen LogP contribution < -0.4 is 10.6 Å².